The minimum Gasteiger partial charge on any atom is -0.381 e. The summed E-state index contributed by atoms with van der Waals surface area (Å²) < 4.78 is 5.37. The largest absolute Gasteiger partial charge is 0.381 e. The zero-order chi connectivity index (χ0) is 10.8. The average molecular weight is 219 g/mol. The van der Waals surface area contributed by atoms with Gasteiger partial charge in [0.15, 0.2) is 0 Å². The molecule has 0 saturated heterocycles. The monoisotopic (exact) mass is 219 g/mol. The molecule has 84 valence electrons. The standard InChI is InChI=1S/C10H21NO2S/c1-9(2)8-13-6-3-5-11-10(12)4-7-14/h9,14H,3-8H2,1-2H3,(H,11,12). The van der Waals surface area contributed by atoms with Crippen molar-refractivity contribution in [1.82, 2.24) is 5.32 Å². The summed E-state index contributed by atoms with van der Waals surface area (Å²) >= 11 is 3.98. The van der Waals surface area contributed by atoms with Crippen LogP contribution in [0.5, 0.6) is 0 Å². The van der Waals surface area contributed by atoms with E-state index in [0.717, 1.165) is 19.6 Å². The Hall–Kier alpha value is -0.220. The molecule has 0 aliphatic carbocycles. The van der Waals surface area contributed by atoms with Crippen LogP contribution in [-0.2, 0) is 9.53 Å². The normalized spacial score (nSPS) is 10.6. The third-order valence-corrected chi connectivity index (χ3v) is 1.80. The van der Waals surface area contributed by atoms with Crippen molar-refractivity contribution in [2.24, 2.45) is 5.92 Å². The highest BCUT2D eigenvalue weighted by Crippen LogP contribution is 1.93. The summed E-state index contributed by atoms with van der Waals surface area (Å²) in [5, 5.41) is 2.80. The van der Waals surface area contributed by atoms with Crippen molar-refractivity contribution >= 4 is 18.5 Å². The Bertz CT molecular complexity index is 151. The van der Waals surface area contributed by atoms with E-state index < -0.39 is 0 Å². The lowest BCUT2D eigenvalue weighted by atomic mass is 10.2. The third kappa shape index (κ3) is 9.86. The van der Waals surface area contributed by atoms with Crippen LogP contribution in [0.25, 0.3) is 0 Å². The number of nitrogens with one attached hydrogen (secondary N) is 1. The fraction of sp³-hybridized carbons (Fsp3) is 0.900. The van der Waals surface area contributed by atoms with Gasteiger partial charge in [-0.3, -0.25) is 4.79 Å². The van der Waals surface area contributed by atoms with Gasteiger partial charge in [0.25, 0.3) is 0 Å². The minimum atomic E-state index is 0.0730. The van der Waals surface area contributed by atoms with E-state index in [0.29, 0.717) is 24.6 Å². The van der Waals surface area contributed by atoms with E-state index in [2.05, 4.69) is 31.8 Å². The summed E-state index contributed by atoms with van der Waals surface area (Å²) in [6, 6.07) is 0. The summed E-state index contributed by atoms with van der Waals surface area (Å²) in [5.41, 5.74) is 0. The summed E-state index contributed by atoms with van der Waals surface area (Å²) in [6.07, 6.45) is 1.38. The molecule has 1 amide bonds. The quantitative estimate of drug-likeness (QED) is 0.479. The molecule has 0 atom stereocenters. The second-order valence-corrected chi connectivity index (χ2v) is 4.09. The molecule has 0 aromatic carbocycles. The van der Waals surface area contributed by atoms with Crippen molar-refractivity contribution in [3.05, 3.63) is 0 Å². The van der Waals surface area contributed by atoms with E-state index in [1.165, 1.54) is 0 Å². The van der Waals surface area contributed by atoms with Crippen LogP contribution in [0, 0.1) is 5.92 Å². The van der Waals surface area contributed by atoms with E-state index in [1.807, 2.05) is 0 Å². The SMILES string of the molecule is CC(C)COCCCNC(=O)CCS. The molecule has 0 aliphatic rings. The summed E-state index contributed by atoms with van der Waals surface area (Å²) in [5.74, 6) is 1.26. The maximum atomic E-state index is 11.0. The molecule has 0 unspecified atom stereocenters. The Morgan fingerprint density at radius 1 is 1.50 bits per heavy atom. The number of thiol groups is 1. The van der Waals surface area contributed by atoms with Gasteiger partial charge in [-0.1, -0.05) is 13.8 Å². The third-order valence-electron chi connectivity index (χ3n) is 1.58. The molecule has 0 aromatic heterocycles. The molecule has 0 saturated carbocycles. The molecule has 0 heterocycles. The van der Waals surface area contributed by atoms with Crippen LogP contribution in [0.2, 0.25) is 0 Å². The second kappa shape index (κ2) is 9.34. The Kier molecular flexibility index (Phi) is 9.19. The van der Waals surface area contributed by atoms with E-state index in [9.17, 15) is 4.79 Å². The van der Waals surface area contributed by atoms with Crippen LogP contribution in [-0.4, -0.2) is 31.4 Å². The van der Waals surface area contributed by atoms with Gasteiger partial charge in [-0.2, -0.15) is 12.6 Å². The van der Waals surface area contributed by atoms with Crippen LogP contribution < -0.4 is 5.32 Å². The first-order chi connectivity index (χ1) is 6.66. The van der Waals surface area contributed by atoms with E-state index >= 15 is 0 Å². The van der Waals surface area contributed by atoms with Gasteiger partial charge in [0.2, 0.25) is 5.91 Å². The van der Waals surface area contributed by atoms with Crippen molar-refractivity contribution in [2.45, 2.75) is 26.7 Å². The maximum Gasteiger partial charge on any atom is 0.220 e. The predicted octanol–water partition coefficient (Wildman–Crippen LogP) is 1.49. The first-order valence-electron chi connectivity index (χ1n) is 5.12. The van der Waals surface area contributed by atoms with Crippen LogP contribution in [0.4, 0.5) is 0 Å². The Morgan fingerprint density at radius 3 is 2.79 bits per heavy atom. The Labute approximate surface area is 92.0 Å². The molecular weight excluding hydrogens is 198 g/mol. The Balaban J connectivity index is 3.09. The zero-order valence-electron chi connectivity index (χ0n) is 9.08. The van der Waals surface area contributed by atoms with E-state index in [1.54, 1.807) is 0 Å². The molecular formula is C10H21NO2S. The van der Waals surface area contributed by atoms with Gasteiger partial charge in [-0.05, 0) is 18.1 Å². The molecule has 0 bridgehead atoms. The second-order valence-electron chi connectivity index (χ2n) is 3.65. The smallest absolute Gasteiger partial charge is 0.220 e. The zero-order valence-corrected chi connectivity index (χ0v) is 9.98. The molecule has 0 aliphatic heterocycles. The number of carbonyl (C=O) groups excluding carboxylic acids is 1. The fourth-order valence-electron chi connectivity index (χ4n) is 0.911. The van der Waals surface area contributed by atoms with Crippen LogP contribution in [0.1, 0.15) is 26.7 Å². The van der Waals surface area contributed by atoms with Gasteiger partial charge in [-0.25, -0.2) is 0 Å². The highest BCUT2D eigenvalue weighted by molar-refractivity contribution is 7.80. The molecule has 0 aromatic rings. The number of ether oxygens (including phenoxy) is 1. The lowest BCUT2D eigenvalue weighted by Crippen LogP contribution is -2.25. The molecule has 0 fully saturated rings. The molecule has 0 spiro atoms. The van der Waals surface area contributed by atoms with Crippen LogP contribution in [0.3, 0.4) is 0 Å². The van der Waals surface area contributed by atoms with Crippen LogP contribution >= 0.6 is 12.6 Å². The molecule has 3 nitrogen and oxygen atoms in total. The van der Waals surface area contributed by atoms with Gasteiger partial charge >= 0.3 is 0 Å². The molecule has 1 N–H and O–H groups in total. The number of carbonyl (C=O) groups is 1. The number of hydrogen-bond acceptors (Lipinski definition) is 3. The topological polar surface area (TPSA) is 38.3 Å². The maximum absolute atomic E-state index is 11.0. The van der Waals surface area contributed by atoms with Crippen molar-refractivity contribution in [3.63, 3.8) is 0 Å². The van der Waals surface area contributed by atoms with E-state index in [-0.39, 0.29) is 5.91 Å². The summed E-state index contributed by atoms with van der Waals surface area (Å²) in [7, 11) is 0. The van der Waals surface area contributed by atoms with Gasteiger partial charge in [0.1, 0.15) is 0 Å². The van der Waals surface area contributed by atoms with Crippen molar-refractivity contribution in [2.75, 3.05) is 25.5 Å². The first kappa shape index (κ1) is 13.8. The van der Waals surface area contributed by atoms with Crippen molar-refractivity contribution < 1.29 is 9.53 Å². The van der Waals surface area contributed by atoms with Gasteiger partial charge < -0.3 is 10.1 Å². The first-order valence-corrected chi connectivity index (χ1v) is 5.75. The predicted molar refractivity (Wildman–Crippen MR) is 61.8 cm³/mol. The lowest BCUT2D eigenvalue weighted by molar-refractivity contribution is -0.120. The minimum absolute atomic E-state index is 0.0730. The fourth-order valence-corrected chi connectivity index (χ4v) is 1.11. The lowest BCUT2D eigenvalue weighted by Gasteiger charge is -2.07. The van der Waals surface area contributed by atoms with Gasteiger partial charge in [-0.15, -0.1) is 0 Å². The summed E-state index contributed by atoms with van der Waals surface area (Å²) in [4.78, 5) is 11.0. The highest BCUT2D eigenvalue weighted by Gasteiger charge is 1.98. The summed E-state index contributed by atoms with van der Waals surface area (Å²) in [6.45, 7) is 6.46. The Morgan fingerprint density at radius 2 is 2.21 bits per heavy atom. The van der Waals surface area contributed by atoms with E-state index in [4.69, 9.17) is 4.74 Å². The number of hydrogen-bond donors (Lipinski definition) is 2. The van der Waals surface area contributed by atoms with Gasteiger partial charge in [0, 0.05) is 26.2 Å². The molecule has 4 heteroatoms. The number of amides is 1. The average Bonchev–Trinajstić information content (AvgIpc) is 2.11. The molecule has 0 rings (SSSR count). The number of rotatable bonds is 8. The molecule has 14 heavy (non-hydrogen) atoms. The van der Waals surface area contributed by atoms with Crippen molar-refractivity contribution in [3.8, 4) is 0 Å². The van der Waals surface area contributed by atoms with Crippen molar-refractivity contribution in [1.29, 1.82) is 0 Å². The molecule has 0 radical (unpaired) electrons. The van der Waals surface area contributed by atoms with Gasteiger partial charge in [0.05, 0.1) is 0 Å². The highest BCUT2D eigenvalue weighted by atomic mass is 32.1. The van der Waals surface area contributed by atoms with Crippen LogP contribution in [0.15, 0.2) is 0 Å².